The molecule has 2 amide bonds. The Labute approximate surface area is 142 Å². The summed E-state index contributed by atoms with van der Waals surface area (Å²) in [6.45, 7) is 6.00. The first kappa shape index (κ1) is 19.7. The van der Waals surface area contributed by atoms with Gasteiger partial charge in [-0.05, 0) is 18.9 Å². The molecule has 1 aromatic rings. The summed E-state index contributed by atoms with van der Waals surface area (Å²) in [4.78, 5) is 37.7. The Hall–Kier alpha value is -2.31. The molecule has 0 spiro atoms. The molecule has 0 saturated heterocycles. The third-order valence-electron chi connectivity index (χ3n) is 3.99. The molecule has 0 aliphatic carbocycles. The molecular formula is C17H26N2O5. The van der Waals surface area contributed by atoms with Crippen molar-refractivity contribution in [1.29, 1.82) is 0 Å². The van der Waals surface area contributed by atoms with E-state index in [0.717, 1.165) is 12.8 Å². The molecule has 1 N–H and O–H groups in total. The maximum Gasteiger partial charge on any atom is 0.325 e. The molecule has 1 heterocycles. The van der Waals surface area contributed by atoms with E-state index in [9.17, 15) is 14.4 Å². The van der Waals surface area contributed by atoms with Crippen molar-refractivity contribution in [3.63, 3.8) is 0 Å². The van der Waals surface area contributed by atoms with Gasteiger partial charge >= 0.3 is 5.97 Å². The predicted octanol–water partition coefficient (Wildman–Crippen LogP) is 1.84. The highest BCUT2D eigenvalue weighted by Crippen LogP contribution is 2.11. The topological polar surface area (TPSA) is 88.9 Å². The van der Waals surface area contributed by atoms with Crippen molar-refractivity contribution >= 4 is 17.8 Å². The number of hydrogen-bond acceptors (Lipinski definition) is 5. The highest BCUT2D eigenvalue weighted by atomic mass is 16.5. The summed E-state index contributed by atoms with van der Waals surface area (Å²) < 4.78 is 9.52. The van der Waals surface area contributed by atoms with Gasteiger partial charge in [0.15, 0.2) is 0 Å². The number of furan rings is 1. The lowest BCUT2D eigenvalue weighted by Gasteiger charge is -2.28. The summed E-state index contributed by atoms with van der Waals surface area (Å²) in [5.41, 5.74) is 0.342. The van der Waals surface area contributed by atoms with Crippen molar-refractivity contribution in [3.8, 4) is 0 Å². The summed E-state index contributed by atoms with van der Waals surface area (Å²) >= 11 is 0. The number of ether oxygens (including phenoxy) is 1. The van der Waals surface area contributed by atoms with Crippen LogP contribution < -0.4 is 5.32 Å². The van der Waals surface area contributed by atoms with E-state index in [1.54, 1.807) is 6.92 Å². The van der Waals surface area contributed by atoms with Crippen molar-refractivity contribution in [1.82, 2.24) is 10.2 Å². The number of nitrogens with zero attached hydrogens (tertiary/aromatic N) is 1. The van der Waals surface area contributed by atoms with E-state index >= 15 is 0 Å². The van der Waals surface area contributed by atoms with Crippen LogP contribution in [0.1, 0.15) is 44.0 Å². The summed E-state index contributed by atoms with van der Waals surface area (Å²) in [7, 11) is 1.28. The van der Waals surface area contributed by atoms with Gasteiger partial charge in [0.05, 0.1) is 18.9 Å². The minimum absolute atomic E-state index is 0.127. The van der Waals surface area contributed by atoms with E-state index in [1.165, 1.54) is 30.6 Å². The molecule has 0 unspecified atom stereocenters. The fourth-order valence-electron chi connectivity index (χ4n) is 2.32. The summed E-state index contributed by atoms with van der Waals surface area (Å²) in [6.07, 6.45) is 4.50. The molecule has 0 aliphatic heterocycles. The van der Waals surface area contributed by atoms with Crippen molar-refractivity contribution in [2.75, 3.05) is 20.2 Å². The molecule has 7 nitrogen and oxygen atoms in total. The van der Waals surface area contributed by atoms with Crippen LogP contribution in [-0.2, 0) is 14.3 Å². The second-order valence-corrected chi connectivity index (χ2v) is 5.68. The first-order valence-corrected chi connectivity index (χ1v) is 8.11. The normalized spacial score (nSPS) is 11.9. The predicted molar refractivity (Wildman–Crippen MR) is 88.3 cm³/mol. The number of carbonyl (C=O) groups is 3. The first-order valence-electron chi connectivity index (χ1n) is 8.11. The Kier molecular flexibility index (Phi) is 8.01. The van der Waals surface area contributed by atoms with Crippen LogP contribution in [0.5, 0.6) is 0 Å². The number of esters is 1. The highest BCUT2D eigenvalue weighted by molar-refractivity contribution is 5.97. The summed E-state index contributed by atoms with van der Waals surface area (Å²) in [6, 6.07) is 0.759. The lowest BCUT2D eigenvalue weighted by atomic mass is 10.0. The average molecular weight is 338 g/mol. The third-order valence-corrected chi connectivity index (χ3v) is 3.99. The lowest BCUT2D eigenvalue weighted by Crippen LogP contribution is -2.49. The SMILES string of the molecule is CCC(CC)CN(CC(=O)OC)C(=O)[C@@H](C)NC(=O)c1ccoc1. The van der Waals surface area contributed by atoms with E-state index in [1.807, 2.05) is 13.8 Å². The Morgan fingerprint density at radius 1 is 1.29 bits per heavy atom. The average Bonchev–Trinajstić information content (AvgIpc) is 3.12. The minimum atomic E-state index is -0.758. The molecule has 0 aromatic carbocycles. The Morgan fingerprint density at radius 3 is 2.46 bits per heavy atom. The number of hydrogen-bond donors (Lipinski definition) is 1. The maximum atomic E-state index is 12.6. The van der Waals surface area contributed by atoms with Crippen molar-refractivity contribution < 1.29 is 23.5 Å². The van der Waals surface area contributed by atoms with Gasteiger partial charge in [0.2, 0.25) is 5.91 Å². The van der Waals surface area contributed by atoms with E-state index in [-0.39, 0.29) is 18.4 Å². The summed E-state index contributed by atoms with van der Waals surface area (Å²) in [5.74, 6) is -0.910. The molecule has 0 saturated carbocycles. The quantitative estimate of drug-likeness (QED) is 0.694. The highest BCUT2D eigenvalue weighted by Gasteiger charge is 2.26. The Bertz CT molecular complexity index is 537. The van der Waals surface area contributed by atoms with Crippen LogP contribution in [0.4, 0.5) is 0 Å². The second-order valence-electron chi connectivity index (χ2n) is 5.68. The number of rotatable bonds is 9. The van der Waals surface area contributed by atoms with Crippen molar-refractivity contribution in [2.24, 2.45) is 5.92 Å². The zero-order valence-corrected chi connectivity index (χ0v) is 14.7. The Balaban J connectivity index is 2.76. The van der Waals surface area contributed by atoms with Gasteiger partial charge in [0.25, 0.3) is 5.91 Å². The van der Waals surface area contributed by atoms with Gasteiger partial charge in [-0.15, -0.1) is 0 Å². The fraction of sp³-hybridized carbons (Fsp3) is 0.588. The van der Waals surface area contributed by atoms with Gasteiger partial charge in [0, 0.05) is 6.54 Å². The molecular weight excluding hydrogens is 312 g/mol. The van der Waals surface area contributed by atoms with Crippen LogP contribution in [0.3, 0.4) is 0 Å². The fourth-order valence-corrected chi connectivity index (χ4v) is 2.32. The summed E-state index contributed by atoms with van der Waals surface area (Å²) in [5, 5.41) is 2.62. The second kappa shape index (κ2) is 9.75. The van der Waals surface area contributed by atoms with Crippen LogP contribution in [0.25, 0.3) is 0 Å². The molecule has 0 radical (unpaired) electrons. The molecule has 0 bridgehead atoms. The van der Waals surface area contributed by atoms with E-state index in [4.69, 9.17) is 4.42 Å². The van der Waals surface area contributed by atoms with Crippen LogP contribution in [0.2, 0.25) is 0 Å². The van der Waals surface area contributed by atoms with Gasteiger partial charge in [-0.2, -0.15) is 0 Å². The van der Waals surface area contributed by atoms with Crippen molar-refractivity contribution in [3.05, 3.63) is 24.2 Å². The lowest BCUT2D eigenvalue weighted by molar-refractivity contribution is -0.148. The van der Waals surface area contributed by atoms with Gasteiger partial charge in [-0.25, -0.2) is 0 Å². The number of amides is 2. The largest absolute Gasteiger partial charge is 0.472 e. The standard InChI is InChI=1S/C17H26N2O5/c1-5-13(6-2)9-19(10-15(20)23-4)17(22)12(3)18-16(21)14-7-8-24-11-14/h7-8,11-13H,5-6,9-10H2,1-4H3,(H,18,21)/t12-/m1/s1. The van der Waals surface area contributed by atoms with Gasteiger partial charge in [-0.3, -0.25) is 14.4 Å². The number of nitrogens with one attached hydrogen (secondary N) is 1. The number of methoxy groups -OCH3 is 1. The van der Waals surface area contributed by atoms with Crippen LogP contribution >= 0.6 is 0 Å². The van der Waals surface area contributed by atoms with E-state index < -0.39 is 17.9 Å². The molecule has 134 valence electrons. The zero-order valence-electron chi connectivity index (χ0n) is 14.7. The van der Waals surface area contributed by atoms with E-state index in [0.29, 0.717) is 12.1 Å². The maximum absolute atomic E-state index is 12.6. The van der Waals surface area contributed by atoms with Crippen molar-refractivity contribution in [2.45, 2.75) is 39.7 Å². The van der Waals surface area contributed by atoms with Gasteiger partial charge in [0.1, 0.15) is 18.8 Å². The Morgan fingerprint density at radius 2 is 1.96 bits per heavy atom. The number of carbonyl (C=O) groups excluding carboxylic acids is 3. The monoisotopic (exact) mass is 338 g/mol. The van der Waals surface area contributed by atoms with Gasteiger partial charge < -0.3 is 19.4 Å². The van der Waals surface area contributed by atoms with Crippen LogP contribution in [-0.4, -0.2) is 48.9 Å². The van der Waals surface area contributed by atoms with Crippen LogP contribution in [0.15, 0.2) is 23.0 Å². The smallest absolute Gasteiger partial charge is 0.325 e. The molecule has 1 aromatic heterocycles. The molecule has 0 fully saturated rings. The zero-order chi connectivity index (χ0) is 18.1. The van der Waals surface area contributed by atoms with E-state index in [2.05, 4.69) is 10.1 Å². The molecule has 1 atom stereocenters. The minimum Gasteiger partial charge on any atom is -0.472 e. The molecule has 1 rings (SSSR count). The third kappa shape index (κ3) is 5.72. The first-order chi connectivity index (χ1) is 11.4. The molecule has 24 heavy (non-hydrogen) atoms. The molecule has 7 heteroatoms. The van der Waals surface area contributed by atoms with Gasteiger partial charge in [-0.1, -0.05) is 26.7 Å². The molecule has 0 aliphatic rings. The van der Waals surface area contributed by atoms with Crippen LogP contribution in [0, 0.1) is 5.92 Å².